The maximum Gasteiger partial charge on any atom is 0.401 e. The Kier molecular flexibility index (Phi) is 6.56. The number of rotatable bonds is 1. The fourth-order valence-corrected chi connectivity index (χ4v) is 2.99. The van der Waals surface area contributed by atoms with E-state index in [9.17, 15) is 13.2 Å². The van der Waals surface area contributed by atoms with E-state index in [0.717, 1.165) is 32.1 Å². The number of hydrogen-bond donors (Lipinski definition) is 1. The number of fused-ring (bicyclic) bond motifs is 2. The molecule has 17 heavy (non-hydrogen) atoms. The lowest BCUT2D eigenvalue weighted by Crippen LogP contribution is -2.57. The van der Waals surface area contributed by atoms with Crippen molar-refractivity contribution in [1.29, 1.82) is 0 Å². The molecule has 0 amide bonds. The molecule has 2 nitrogen and oxygen atoms in total. The Morgan fingerprint density at radius 2 is 1.53 bits per heavy atom. The molecule has 2 N–H and O–H groups in total. The van der Waals surface area contributed by atoms with E-state index in [4.69, 9.17) is 5.73 Å². The van der Waals surface area contributed by atoms with Gasteiger partial charge in [0.2, 0.25) is 0 Å². The molecule has 0 aliphatic carbocycles. The Morgan fingerprint density at radius 3 is 1.94 bits per heavy atom. The second kappa shape index (κ2) is 6.45. The van der Waals surface area contributed by atoms with E-state index in [-0.39, 0.29) is 42.9 Å². The zero-order valence-corrected chi connectivity index (χ0v) is 11.1. The minimum Gasteiger partial charge on any atom is -0.328 e. The van der Waals surface area contributed by atoms with Gasteiger partial charge in [0.25, 0.3) is 0 Å². The van der Waals surface area contributed by atoms with E-state index < -0.39 is 12.7 Å². The van der Waals surface area contributed by atoms with Crippen molar-refractivity contribution in [3.8, 4) is 0 Å². The van der Waals surface area contributed by atoms with Crippen LogP contribution in [0.2, 0.25) is 0 Å². The average Bonchev–Trinajstić information content (AvgIpc) is 2.04. The van der Waals surface area contributed by atoms with Crippen LogP contribution < -0.4 is 5.73 Å². The van der Waals surface area contributed by atoms with Crippen molar-refractivity contribution in [3.63, 3.8) is 0 Å². The van der Waals surface area contributed by atoms with Crippen LogP contribution in [0.5, 0.6) is 0 Å². The Bertz CT molecular complexity index is 224. The van der Waals surface area contributed by atoms with Crippen LogP contribution in [0, 0.1) is 0 Å². The summed E-state index contributed by atoms with van der Waals surface area (Å²) < 4.78 is 37.1. The highest BCUT2D eigenvalue weighted by Gasteiger charge is 2.42. The van der Waals surface area contributed by atoms with Crippen molar-refractivity contribution in [2.45, 2.75) is 56.4 Å². The van der Waals surface area contributed by atoms with Crippen molar-refractivity contribution >= 4 is 24.8 Å². The molecular weight excluding hydrogens is 276 g/mol. The lowest BCUT2D eigenvalue weighted by atomic mass is 9.82. The summed E-state index contributed by atoms with van der Waals surface area (Å²) in [4.78, 5) is 1.63. The summed E-state index contributed by atoms with van der Waals surface area (Å²) in [7, 11) is 0. The summed E-state index contributed by atoms with van der Waals surface area (Å²) in [6.45, 7) is -0.755. The van der Waals surface area contributed by atoms with Crippen molar-refractivity contribution in [3.05, 3.63) is 0 Å². The molecular formula is C10H19Cl2F3N2. The summed E-state index contributed by atoms with van der Waals surface area (Å²) in [6.07, 6.45) is 0.186. The van der Waals surface area contributed by atoms with E-state index in [1.54, 1.807) is 4.90 Å². The van der Waals surface area contributed by atoms with Gasteiger partial charge in [-0.25, -0.2) is 0 Å². The van der Waals surface area contributed by atoms with Gasteiger partial charge in [-0.2, -0.15) is 13.2 Å². The minimum absolute atomic E-state index is 0. The molecule has 7 heteroatoms. The minimum atomic E-state index is -4.07. The Morgan fingerprint density at radius 1 is 1.06 bits per heavy atom. The number of nitrogens with zero attached hydrogens (tertiary/aromatic N) is 1. The highest BCUT2D eigenvalue weighted by molar-refractivity contribution is 5.85. The summed E-state index contributed by atoms with van der Waals surface area (Å²) in [5.41, 5.74) is 5.84. The van der Waals surface area contributed by atoms with Gasteiger partial charge >= 0.3 is 6.18 Å². The second-order valence-corrected chi connectivity index (χ2v) is 4.76. The van der Waals surface area contributed by atoms with Gasteiger partial charge in [-0.05, 0) is 25.7 Å². The largest absolute Gasteiger partial charge is 0.401 e. The first-order valence-electron chi connectivity index (χ1n) is 5.54. The topological polar surface area (TPSA) is 29.3 Å². The van der Waals surface area contributed by atoms with Crippen molar-refractivity contribution in [2.24, 2.45) is 5.73 Å². The first-order valence-corrected chi connectivity index (χ1v) is 5.54. The molecule has 2 bridgehead atoms. The predicted molar refractivity (Wildman–Crippen MR) is 65.9 cm³/mol. The third-order valence-corrected chi connectivity index (χ3v) is 3.52. The molecule has 0 saturated carbocycles. The molecule has 2 heterocycles. The third-order valence-electron chi connectivity index (χ3n) is 3.52. The number of piperidine rings is 2. The van der Waals surface area contributed by atoms with Gasteiger partial charge < -0.3 is 5.73 Å². The number of nitrogens with two attached hydrogens (primary N) is 1. The van der Waals surface area contributed by atoms with Crippen molar-refractivity contribution in [2.75, 3.05) is 6.54 Å². The van der Waals surface area contributed by atoms with Crippen LogP contribution in [0.25, 0.3) is 0 Å². The first kappa shape index (κ1) is 17.3. The van der Waals surface area contributed by atoms with Crippen LogP contribution in [-0.2, 0) is 0 Å². The fraction of sp³-hybridized carbons (Fsp3) is 1.00. The molecule has 0 spiro atoms. The quantitative estimate of drug-likeness (QED) is 0.806. The van der Waals surface area contributed by atoms with Crippen LogP contribution in [0.1, 0.15) is 32.1 Å². The van der Waals surface area contributed by atoms with Gasteiger partial charge in [0.15, 0.2) is 0 Å². The van der Waals surface area contributed by atoms with Gasteiger partial charge in [-0.15, -0.1) is 24.8 Å². The molecule has 2 aliphatic rings. The molecule has 0 unspecified atom stereocenters. The van der Waals surface area contributed by atoms with Gasteiger partial charge in [-0.3, -0.25) is 4.90 Å². The molecule has 0 aromatic heterocycles. The molecule has 2 aliphatic heterocycles. The lowest BCUT2D eigenvalue weighted by molar-refractivity contribution is -0.166. The van der Waals surface area contributed by atoms with E-state index in [2.05, 4.69) is 0 Å². The van der Waals surface area contributed by atoms with E-state index in [0.29, 0.717) is 0 Å². The Balaban J connectivity index is 0.00000128. The van der Waals surface area contributed by atoms with Crippen molar-refractivity contribution < 1.29 is 13.2 Å². The molecule has 0 aromatic rings. The zero-order valence-electron chi connectivity index (χ0n) is 9.45. The average molecular weight is 295 g/mol. The van der Waals surface area contributed by atoms with Gasteiger partial charge in [-0.1, -0.05) is 6.42 Å². The van der Waals surface area contributed by atoms with Gasteiger partial charge in [0.1, 0.15) is 0 Å². The van der Waals surface area contributed by atoms with Crippen molar-refractivity contribution in [1.82, 2.24) is 4.90 Å². The predicted octanol–water partition coefficient (Wildman–Crippen LogP) is 2.74. The molecule has 104 valence electrons. The Hall–Kier alpha value is 0.290. The van der Waals surface area contributed by atoms with Crippen LogP contribution in [0.15, 0.2) is 0 Å². The molecule has 2 fully saturated rings. The maximum atomic E-state index is 12.4. The Labute approximate surface area is 112 Å². The molecule has 2 rings (SSSR count). The van der Waals surface area contributed by atoms with Crippen LogP contribution in [-0.4, -0.2) is 35.7 Å². The SMILES string of the molecule is Cl.Cl.N[C@@H]1C[C@H]2CCC[C@@H](C1)N2CC(F)(F)F. The molecule has 0 radical (unpaired) electrons. The van der Waals surface area contributed by atoms with Gasteiger partial charge in [0.05, 0.1) is 6.54 Å². The normalized spacial score (nSPS) is 33.5. The lowest BCUT2D eigenvalue weighted by Gasteiger charge is -2.48. The summed E-state index contributed by atoms with van der Waals surface area (Å²) >= 11 is 0. The maximum absolute atomic E-state index is 12.4. The molecule has 2 saturated heterocycles. The number of alkyl halides is 3. The second-order valence-electron chi connectivity index (χ2n) is 4.76. The highest BCUT2D eigenvalue weighted by atomic mass is 35.5. The smallest absolute Gasteiger partial charge is 0.328 e. The summed E-state index contributed by atoms with van der Waals surface area (Å²) in [6, 6.07) is 0.230. The third kappa shape index (κ3) is 4.47. The van der Waals surface area contributed by atoms with Crippen LogP contribution in [0.4, 0.5) is 13.2 Å². The summed E-state index contributed by atoms with van der Waals surface area (Å²) in [5.74, 6) is 0. The van der Waals surface area contributed by atoms with E-state index in [1.165, 1.54) is 0 Å². The van der Waals surface area contributed by atoms with Gasteiger partial charge in [0, 0.05) is 18.1 Å². The zero-order chi connectivity index (χ0) is 11.1. The molecule has 3 atom stereocenters. The molecule has 0 aromatic carbocycles. The fourth-order valence-electron chi connectivity index (χ4n) is 2.99. The standard InChI is InChI=1S/C10H17F3N2.2ClH/c11-10(12,13)6-15-8-2-1-3-9(15)5-7(14)4-8;;/h7-9H,1-6,14H2;2*1H/t7-,8-,9+;;. The van der Waals surface area contributed by atoms with E-state index in [1.807, 2.05) is 0 Å². The summed E-state index contributed by atoms with van der Waals surface area (Å²) in [5, 5.41) is 0. The number of halogens is 5. The first-order chi connectivity index (χ1) is 6.96. The monoisotopic (exact) mass is 294 g/mol. The number of hydrogen-bond acceptors (Lipinski definition) is 2. The van der Waals surface area contributed by atoms with Crippen LogP contribution in [0.3, 0.4) is 0 Å². The van der Waals surface area contributed by atoms with E-state index >= 15 is 0 Å². The van der Waals surface area contributed by atoms with Crippen LogP contribution >= 0.6 is 24.8 Å². The highest BCUT2D eigenvalue weighted by Crippen LogP contribution is 2.35.